The lowest BCUT2D eigenvalue weighted by Crippen LogP contribution is -2.44. The molecule has 5 nitrogen and oxygen atoms in total. The van der Waals surface area contributed by atoms with Crippen molar-refractivity contribution in [2.75, 3.05) is 51.2 Å². The lowest BCUT2D eigenvalue weighted by atomic mass is 9.95. The summed E-state index contributed by atoms with van der Waals surface area (Å²) in [5.74, 6) is 1.64. The molecular weight excluding hydrogens is 332 g/mol. The van der Waals surface area contributed by atoms with Gasteiger partial charge in [-0.25, -0.2) is 4.98 Å². The molecular formula is C19H26N4OS. The van der Waals surface area contributed by atoms with Crippen molar-refractivity contribution in [3.63, 3.8) is 0 Å². The van der Waals surface area contributed by atoms with Crippen LogP contribution in [0.5, 0.6) is 0 Å². The predicted molar refractivity (Wildman–Crippen MR) is 103 cm³/mol. The van der Waals surface area contributed by atoms with Crippen LogP contribution in [-0.4, -0.2) is 67.0 Å². The lowest BCUT2D eigenvalue weighted by Gasteiger charge is -2.34. The van der Waals surface area contributed by atoms with Gasteiger partial charge < -0.3 is 14.7 Å². The summed E-state index contributed by atoms with van der Waals surface area (Å²) in [4.78, 5) is 24.3. The Morgan fingerprint density at radius 2 is 1.96 bits per heavy atom. The Hall–Kier alpha value is -1.66. The van der Waals surface area contributed by atoms with Crippen molar-refractivity contribution in [1.29, 1.82) is 0 Å². The van der Waals surface area contributed by atoms with Gasteiger partial charge in [0.1, 0.15) is 5.82 Å². The third kappa shape index (κ3) is 3.51. The number of fused-ring (bicyclic) bond motifs is 1. The van der Waals surface area contributed by atoms with Crippen LogP contribution in [0, 0.1) is 5.92 Å². The second-order valence-electron chi connectivity index (χ2n) is 7.21. The van der Waals surface area contributed by atoms with Crippen molar-refractivity contribution in [1.82, 2.24) is 14.8 Å². The maximum Gasteiger partial charge on any atom is 0.225 e. The molecule has 0 bridgehead atoms. The molecule has 25 heavy (non-hydrogen) atoms. The minimum atomic E-state index is 0.182. The second kappa shape index (κ2) is 7.30. The van der Waals surface area contributed by atoms with Crippen LogP contribution in [0.1, 0.15) is 19.3 Å². The fraction of sp³-hybridized carbons (Fsp3) is 0.579. The highest BCUT2D eigenvalue weighted by atomic mass is 32.1. The third-order valence-electron chi connectivity index (χ3n) is 5.53. The molecule has 0 spiro atoms. The molecule has 0 aromatic carbocycles. The fourth-order valence-corrected chi connectivity index (χ4v) is 4.77. The van der Waals surface area contributed by atoms with Crippen LogP contribution >= 0.6 is 11.3 Å². The molecule has 0 aliphatic carbocycles. The van der Waals surface area contributed by atoms with Crippen LogP contribution in [-0.2, 0) is 4.79 Å². The number of carbonyl (C=O) groups is 1. The molecule has 0 radical (unpaired) electrons. The summed E-state index contributed by atoms with van der Waals surface area (Å²) < 4.78 is 1.29. The van der Waals surface area contributed by atoms with E-state index in [1.807, 2.05) is 6.20 Å². The third-order valence-corrected chi connectivity index (χ3v) is 6.42. The van der Waals surface area contributed by atoms with Gasteiger partial charge in [-0.15, -0.1) is 11.3 Å². The van der Waals surface area contributed by atoms with Gasteiger partial charge in [0.25, 0.3) is 0 Å². The summed E-state index contributed by atoms with van der Waals surface area (Å²) >= 11 is 1.76. The Kier molecular flexibility index (Phi) is 4.90. The highest BCUT2D eigenvalue weighted by molar-refractivity contribution is 7.17. The normalized spacial score (nSPS) is 20.8. The molecule has 0 unspecified atom stereocenters. The Bertz CT molecular complexity index is 738. The standard InChI is InChI=1S/C19H26N4OS/c1-21-8-2-9-23(13-12-21)19(24)15-4-10-22(11-5-15)18-16-6-14-25-17(16)3-7-20-18/h3,6-7,14-15H,2,4-5,8-13H2,1H3. The molecule has 2 aromatic heterocycles. The van der Waals surface area contributed by atoms with Crippen molar-refractivity contribution in [2.45, 2.75) is 19.3 Å². The molecule has 2 aromatic rings. The molecule has 6 heteroatoms. The van der Waals surface area contributed by atoms with Crippen LogP contribution in [0.4, 0.5) is 5.82 Å². The van der Waals surface area contributed by atoms with Crippen molar-refractivity contribution in [3.8, 4) is 0 Å². The second-order valence-corrected chi connectivity index (χ2v) is 8.16. The summed E-state index contributed by atoms with van der Waals surface area (Å²) in [7, 11) is 2.14. The summed E-state index contributed by atoms with van der Waals surface area (Å²) in [6.07, 6.45) is 4.87. The maximum absolute atomic E-state index is 12.9. The number of nitrogens with zero attached hydrogens (tertiary/aromatic N) is 4. The summed E-state index contributed by atoms with van der Waals surface area (Å²) in [6.45, 7) is 5.73. The molecule has 4 rings (SSSR count). The van der Waals surface area contributed by atoms with Gasteiger partial charge in [-0.3, -0.25) is 4.79 Å². The first-order chi connectivity index (χ1) is 12.2. The van der Waals surface area contributed by atoms with Gasteiger partial charge in [0.15, 0.2) is 0 Å². The van der Waals surface area contributed by atoms with Gasteiger partial charge >= 0.3 is 0 Å². The van der Waals surface area contributed by atoms with E-state index in [1.165, 1.54) is 10.1 Å². The molecule has 0 saturated carbocycles. The highest BCUT2D eigenvalue weighted by Crippen LogP contribution is 2.31. The number of aromatic nitrogens is 1. The van der Waals surface area contributed by atoms with Crippen molar-refractivity contribution < 1.29 is 4.79 Å². The quantitative estimate of drug-likeness (QED) is 0.827. The number of rotatable bonds is 2. The zero-order valence-electron chi connectivity index (χ0n) is 14.9. The molecule has 2 fully saturated rings. The average Bonchev–Trinajstić information content (AvgIpc) is 3.03. The first-order valence-electron chi connectivity index (χ1n) is 9.27. The Balaban J connectivity index is 1.39. The number of hydrogen-bond acceptors (Lipinski definition) is 5. The van der Waals surface area contributed by atoms with E-state index in [4.69, 9.17) is 0 Å². The van der Waals surface area contributed by atoms with Crippen molar-refractivity contribution in [3.05, 3.63) is 23.7 Å². The van der Waals surface area contributed by atoms with E-state index in [9.17, 15) is 4.79 Å². The molecule has 0 atom stereocenters. The number of pyridine rings is 1. The van der Waals surface area contributed by atoms with Crippen LogP contribution in [0.25, 0.3) is 10.1 Å². The minimum absolute atomic E-state index is 0.182. The number of piperidine rings is 1. The number of amides is 1. The van der Waals surface area contributed by atoms with E-state index in [2.05, 4.69) is 44.2 Å². The van der Waals surface area contributed by atoms with E-state index >= 15 is 0 Å². The number of hydrogen-bond donors (Lipinski definition) is 0. The van der Waals surface area contributed by atoms with Gasteiger partial charge in [-0.1, -0.05) is 0 Å². The monoisotopic (exact) mass is 358 g/mol. The Morgan fingerprint density at radius 1 is 1.12 bits per heavy atom. The first kappa shape index (κ1) is 16.8. The molecule has 4 heterocycles. The Morgan fingerprint density at radius 3 is 2.80 bits per heavy atom. The van der Waals surface area contributed by atoms with Crippen LogP contribution in [0.3, 0.4) is 0 Å². The fourth-order valence-electron chi connectivity index (χ4n) is 4.00. The molecule has 2 aliphatic rings. The maximum atomic E-state index is 12.9. The van der Waals surface area contributed by atoms with Gasteiger partial charge in [-0.2, -0.15) is 0 Å². The van der Waals surface area contributed by atoms with E-state index in [1.54, 1.807) is 11.3 Å². The van der Waals surface area contributed by atoms with Crippen LogP contribution in [0.2, 0.25) is 0 Å². The van der Waals surface area contributed by atoms with Crippen LogP contribution in [0.15, 0.2) is 23.7 Å². The highest BCUT2D eigenvalue weighted by Gasteiger charge is 2.30. The number of likely N-dealkylation sites (N-methyl/N-ethyl adjacent to an activating group) is 1. The van der Waals surface area contributed by atoms with Gasteiger partial charge in [0, 0.05) is 54.9 Å². The molecule has 0 N–H and O–H groups in total. The van der Waals surface area contributed by atoms with E-state index in [-0.39, 0.29) is 5.92 Å². The first-order valence-corrected chi connectivity index (χ1v) is 10.1. The number of carbonyl (C=O) groups excluding carboxylic acids is 1. The summed E-state index contributed by atoms with van der Waals surface area (Å²) in [5, 5.41) is 3.37. The van der Waals surface area contributed by atoms with E-state index < -0.39 is 0 Å². The smallest absolute Gasteiger partial charge is 0.225 e. The van der Waals surface area contributed by atoms with Crippen LogP contribution < -0.4 is 4.90 Å². The molecule has 1 amide bonds. The number of anilines is 1. The molecule has 2 saturated heterocycles. The van der Waals surface area contributed by atoms with Crippen molar-refractivity contribution >= 4 is 33.1 Å². The Labute approximate surface area is 153 Å². The minimum Gasteiger partial charge on any atom is -0.356 e. The predicted octanol–water partition coefficient (Wildman–Crippen LogP) is 2.68. The SMILES string of the molecule is CN1CCCN(C(=O)C2CCN(c3nccc4sccc34)CC2)CC1. The molecule has 2 aliphatic heterocycles. The topological polar surface area (TPSA) is 39.7 Å². The van der Waals surface area contributed by atoms with Gasteiger partial charge in [-0.05, 0) is 50.4 Å². The van der Waals surface area contributed by atoms with Gasteiger partial charge in [0.05, 0.1) is 0 Å². The van der Waals surface area contributed by atoms with Crippen molar-refractivity contribution in [2.24, 2.45) is 5.92 Å². The van der Waals surface area contributed by atoms with E-state index in [0.29, 0.717) is 5.91 Å². The van der Waals surface area contributed by atoms with E-state index in [0.717, 1.165) is 64.3 Å². The lowest BCUT2D eigenvalue weighted by molar-refractivity contribution is -0.136. The largest absolute Gasteiger partial charge is 0.356 e. The summed E-state index contributed by atoms with van der Waals surface area (Å²) in [6, 6.07) is 4.24. The molecule has 134 valence electrons. The zero-order chi connectivity index (χ0) is 17.2. The zero-order valence-corrected chi connectivity index (χ0v) is 15.7. The average molecular weight is 359 g/mol. The van der Waals surface area contributed by atoms with Gasteiger partial charge in [0.2, 0.25) is 5.91 Å². The summed E-state index contributed by atoms with van der Waals surface area (Å²) in [5.41, 5.74) is 0. The number of thiophene rings is 1.